The molecule has 0 atom stereocenters. The van der Waals surface area contributed by atoms with E-state index in [4.69, 9.17) is 10.5 Å². The maximum atomic E-state index is 11.3. The van der Waals surface area contributed by atoms with Gasteiger partial charge < -0.3 is 10.5 Å². The first kappa shape index (κ1) is 19.9. The van der Waals surface area contributed by atoms with E-state index in [1.54, 1.807) is 11.3 Å². The van der Waals surface area contributed by atoms with Gasteiger partial charge in [-0.25, -0.2) is 0 Å². The highest BCUT2D eigenvalue weighted by Crippen LogP contribution is 2.35. The summed E-state index contributed by atoms with van der Waals surface area (Å²) in [5, 5.41) is 10.5. The predicted octanol–water partition coefficient (Wildman–Crippen LogP) is 4.85. The number of rotatable bonds is 6. The Morgan fingerprint density at radius 2 is 1.60 bits per heavy atom. The molecule has 0 bridgehead atoms. The van der Waals surface area contributed by atoms with Crippen molar-refractivity contribution in [2.75, 3.05) is 6.54 Å². The second-order valence-corrected chi connectivity index (χ2v) is 7.80. The topological polar surface area (TPSA) is 78.1 Å². The number of hydrogen-bond acceptors (Lipinski definition) is 6. The Kier molecular flexibility index (Phi) is 5.97. The zero-order valence-electron chi connectivity index (χ0n) is 16.5. The van der Waals surface area contributed by atoms with Crippen LogP contribution in [-0.2, 0) is 16.1 Å². The van der Waals surface area contributed by atoms with E-state index in [2.05, 4.69) is 47.5 Å². The van der Waals surface area contributed by atoms with E-state index in [1.807, 2.05) is 42.5 Å². The Labute approximate surface area is 179 Å². The molecule has 0 fully saturated rings. The summed E-state index contributed by atoms with van der Waals surface area (Å²) < 4.78 is 5.12. The molecule has 1 heterocycles. The fourth-order valence-electron chi connectivity index (χ4n) is 3.26. The summed E-state index contributed by atoms with van der Waals surface area (Å²) in [4.78, 5) is 11.3. The summed E-state index contributed by atoms with van der Waals surface area (Å²) in [6.45, 7) is 2.18. The molecule has 0 aliphatic heterocycles. The highest BCUT2D eigenvalue weighted by atomic mass is 32.1. The molecule has 150 valence electrons. The second-order valence-electron chi connectivity index (χ2n) is 6.82. The molecule has 0 unspecified atom stereocenters. The van der Waals surface area contributed by atoms with Crippen molar-refractivity contribution in [1.82, 2.24) is 10.2 Å². The van der Waals surface area contributed by atoms with Crippen molar-refractivity contribution in [3.05, 3.63) is 83.9 Å². The van der Waals surface area contributed by atoms with Crippen LogP contribution in [0.5, 0.6) is 0 Å². The molecule has 6 heteroatoms. The molecule has 30 heavy (non-hydrogen) atoms. The lowest BCUT2D eigenvalue weighted by Crippen LogP contribution is -2.16. The minimum Gasteiger partial charge on any atom is -0.460 e. The van der Waals surface area contributed by atoms with E-state index in [9.17, 15) is 4.79 Å². The summed E-state index contributed by atoms with van der Waals surface area (Å²) in [5.41, 5.74) is 11.7. The average Bonchev–Trinajstić information content (AvgIpc) is 3.28. The van der Waals surface area contributed by atoms with E-state index in [1.165, 1.54) is 16.7 Å². The van der Waals surface area contributed by atoms with Gasteiger partial charge in [-0.05, 0) is 35.2 Å². The van der Waals surface area contributed by atoms with Gasteiger partial charge in [0, 0.05) is 11.1 Å². The number of hydrogen-bond donors (Lipinski definition) is 1. The number of nitrogens with two attached hydrogens (primary N) is 1. The molecule has 0 saturated heterocycles. The second kappa shape index (κ2) is 8.98. The van der Waals surface area contributed by atoms with Crippen LogP contribution in [-0.4, -0.2) is 22.7 Å². The molecule has 0 spiro atoms. The molecule has 0 radical (unpaired) electrons. The first-order valence-electron chi connectivity index (χ1n) is 9.59. The zero-order valence-corrected chi connectivity index (χ0v) is 17.4. The van der Waals surface area contributed by atoms with Crippen molar-refractivity contribution >= 4 is 17.3 Å². The average molecular weight is 416 g/mol. The van der Waals surface area contributed by atoms with E-state index < -0.39 is 5.97 Å². The molecule has 5 nitrogen and oxygen atoms in total. The Morgan fingerprint density at radius 1 is 0.900 bits per heavy atom. The highest BCUT2D eigenvalue weighted by molar-refractivity contribution is 7.17. The zero-order chi connectivity index (χ0) is 20.9. The monoisotopic (exact) mass is 415 g/mol. The van der Waals surface area contributed by atoms with Crippen molar-refractivity contribution in [2.24, 2.45) is 5.73 Å². The van der Waals surface area contributed by atoms with E-state index in [0.29, 0.717) is 0 Å². The van der Waals surface area contributed by atoms with E-state index in [0.717, 1.165) is 26.7 Å². The molecule has 3 aromatic carbocycles. The number of aromatic nitrogens is 2. The Morgan fingerprint density at radius 3 is 2.40 bits per heavy atom. The van der Waals surface area contributed by atoms with Gasteiger partial charge in [0.2, 0.25) is 0 Å². The molecule has 0 aliphatic rings. The molecule has 4 aromatic rings. The number of ether oxygens (including phenoxy) is 1. The molecule has 0 saturated carbocycles. The van der Waals surface area contributed by atoms with Crippen molar-refractivity contribution in [3.8, 4) is 32.3 Å². The van der Waals surface area contributed by atoms with Gasteiger partial charge in [-0.2, -0.15) is 0 Å². The van der Waals surface area contributed by atoms with Gasteiger partial charge in [0.1, 0.15) is 16.6 Å². The maximum absolute atomic E-state index is 11.3. The summed E-state index contributed by atoms with van der Waals surface area (Å²) in [6, 6.07) is 24.4. The highest BCUT2D eigenvalue weighted by Gasteiger charge is 2.14. The van der Waals surface area contributed by atoms with Gasteiger partial charge in [0.05, 0.1) is 6.54 Å². The predicted molar refractivity (Wildman–Crippen MR) is 120 cm³/mol. The standard InChI is InChI=1S/C24H21N3O2S/c1-16-20(18-8-3-2-4-9-18)11-6-12-21(16)24-27-26-23(30-24)19-10-5-7-17(13-19)15-29-22(28)14-25/h2-13H,14-15,25H2,1H3. The van der Waals surface area contributed by atoms with Gasteiger partial charge in [0.15, 0.2) is 0 Å². The van der Waals surface area contributed by atoms with Crippen LogP contribution in [0, 0.1) is 6.92 Å². The first-order valence-corrected chi connectivity index (χ1v) is 10.4. The normalized spacial score (nSPS) is 10.7. The van der Waals surface area contributed by atoms with Crippen LogP contribution in [0.2, 0.25) is 0 Å². The maximum Gasteiger partial charge on any atom is 0.320 e. The SMILES string of the molecule is Cc1c(-c2ccccc2)cccc1-c1nnc(-c2cccc(COC(=O)CN)c2)s1. The van der Waals surface area contributed by atoms with Crippen molar-refractivity contribution in [2.45, 2.75) is 13.5 Å². The van der Waals surface area contributed by atoms with E-state index in [-0.39, 0.29) is 13.2 Å². The lowest BCUT2D eigenvalue weighted by atomic mass is 9.97. The summed E-state index contributed by atoms with van der Waals surface area (Å²) in [6.07, 6.45) is 0. The molecule has 0 amide bonds. The largest absolute Gasteiger partial charge is 0.460 e. The van der Waals surface area contributed by atoms with Crippen LogP contribution in [0.3, 0.4) is 0 Å². The van der Waals surface area contributed by atoms with Crippen LogP contribution in [0.1, 0.15) is 11.1 Å². The van der Waals surface area contributed by atoms with Crippen molar-refractivity contribution in [1.29, 1.82) is 0 Å². The first-order chi connectivity index (χ1) is 14.7. The van der Waals surface area contributed by atoms with Crippen LogP contribution >= 0.6 is 11.3 Å². The lowest BCUT2D eigenvalue weighted by Gasteiger charge is -2.09. The third-order valence-corrected chi connectivity index (χ3v) is 5.82. The fraction of sp³-hybridized carbons (Fsp3) is 0.125. The third kappa shape index (κ3) is 4.30. The molecular weight excluding hydrogens is 394 g/mol. The lowest BCUT2D eigenvalue weighted by molar-refractivity contribution is -0.143. The van der Waals surface area contributed by atoms with Gasteiger partial charge in [-0.3, -0.25) is 4.79 Å². The molecular formula is C24H21N3O2S. The summed E-state index contributed by atoms with van der Waals surface area (Å²) >= 11 is 1.54. The Hall–Kier alpha value is -3.35. The summed E-state index contributed by atoms with van der Waals surface area (Å²) in [7, 11) is 0. The smallest absolute Gasteiger partial charge is 0.320 e. The minimum absolute atomic E-state index is 0.124. The fourth-order valence-corrected chi connectivity index (χ4v) is 4.19. The third-order valence-electron chi connectivity index (χ3n) is 4.81. The van der Waals surface area contributed by atoms with Crippen LogP contribution in [0.15, 0.2) is 72.8 Å². The van der Waals surface area contributed by atoms with Crippen LogP contribution in [0.25, 0.3) is 32.3 Å². The van der Waals surface area contributed by atoms with Gasteiger partial charge >= 0.3 is 5.97 Å². The number of benzene rings is 3. The Bertz CT molecular complexity index is 1170. The van der Waals surface area contributed by atoms with Crippen molar-refractivity contribution in [3.63, 3.8) is 0 Å². The summed E-state index contributed by atoms with van der Waals surface area (Å²) in [5.74, 6) is -0.424. The number of esters is 1. The molecule has 1 aromatic heterocycles. The quantitative estimate of drug-likeness (QED) is 0.456. The number of nitrogens with zero attached hydrogens (tertiary/aromatic N) is 2. The van der Waals surface area contributed by atoms with Gasteiger partial charge in [-0.15, -0.1) is 10.2 Å². The van der Waals surface area contributed by atoms with Gasteiger partial charge in [0.25, 0.3) is 0 Å². The van der Waals surface area contributed by atoms with E-state index >= 15 is 0 Å². The Balaban J connectivity index is 1.62. The molecule has 2 N–H and O–H groups in total. The number of carbonyl (C=O) groups is 1. The molecule has 4 rings (SSSR count). The minimum atomic E-state index is -0.424. The van der Waals surface area contributed by atoms with Crippen LogP contribution in [0.4, 0.5) is 0 Å². The van der Waals surface area contributed by atoms with Crippen LogP contribution < -0.4 is 5.73 Å². The van der Waals surface area contributed by atoms with Crippen molar-refractivity contribution < 1.29 is 9.53 Å². The number of carbonyl (C=O) groups excluding carboxylic acids is 1. The molecule has 0 aliphatic carbocycles. The van der Waals surface area contributed by atoms with Gasteiger partial charge in [-0.1, -0.05) is 78.1 Å².